The maximum Gasteiger partial charge on any atom is 0.342 e. The van der Waals surface area contributed by atoms with E-state index in [-0.39, 0.29) is 4.67 Å². The summed E-state index contributed by atoms with van der Waals surface area (Å²) < 4.78 is 26.8. The van der Waals surface area contributed by atoms with Crippen molar-refractivity contribution in [2.45, 2.75) is 0 Å². The number of carboxylic acid groups (broad SMARTS) is 1. The highest BCUT2D eigenvalue weighted by atomic mass is 31.2. The Kier molecular flexibility index (Phi) is 6.81. The van der Waals surface area contributed by atoms with Crippen molar-refractivity contribution in [1.29, 1.82) is 0 Å². The number of carbonyl (C=O) groups is 2. The van der Waals surface area contributed by atoms with Crippen molar-refractivity contribution < 1.29 is 43.2 Å². The van der Waals surface area contributed by atoms with E-state index in [1.54, 1.807) is 5.09 Å². The second-order valence-electron chi connectivity index (χ2n) is 3.32. The van der Waals surface area contributed by atoms with Crippen LogP contribution in [0.4, 0.5) is 0 Å². The minimum atomic E-state index is -4.75. The van der Waals surface area contributed by atoms with E-state index >= 15 is 0 Å². The van der Waals surface area contributed by atoms with E-state index in [1.165, 1.54) is 0 Å². The molecule has 0 saturated heterocycles. The monoisotopic (exact) mass is 320 g/mol. The van der Waals surface area contributed by atoms with Crippen LogP contribution in [0.1, 0.15) is 0 Å². The molecule has 19 heavy (non-hydrogen) atoms. The van der Waals surface area contributed by atoms with Gasteiger partial charge in [0.05, 0.1) is 7.11 Å². The Morgan fingerprint density at radius 3 is 2.16 bits per heavy atom. The first-order valence-electron chi connectivity index (χ1n) is 4.64. The number of ether oxygens (including phenoxy) is 1. The molecule has 0 radical (unpaired) electrons. The molecule has 0 saturated carbocycles. The number of carbonyl (C=O) groups excluding carboxylic acids is 1. The molecule has 0 amide bonds. The van der Waals surface area contributed by atoms with Gasteiger partial charge < -0.3 is 24.5 Å². The number of carboxylic acids is 1. The molecule has 1 unspecified atom stereocenters. The van der Waals surface area contributed by atoms with Crippen LogP contribution in [0.5, 0.6) is 0 Å². The quantitative estimate of drug-likeness (QED) is 0.256. The van der Waals surface area contributed by atoms with Gasteiger partial charge in [0.15, 0.2) is 0 Å². The third-order valence-electron chi connectivity index (χ3n) is 1.71. The van der Waals surface area contributed by atoms with Crippen LogP contribution in [0, 0.1) is 0 Å². The van der Waals surface area contributed by atoms with Crippen molar-refractivity contribution in [2.75, 3.05) is 26.5 Å². The van der Waals surface area contributed by atoms with Crippen LogP contribution in [-0.2, 0) is 23.5 Å². The summed E-state index contributed by atoms with van der Waals surface area (Å²) >= 11 is 0. The number of methoxy groups -OCH3 is 1. The standard InChI is InChI=1S/C6H14N2O9P2/c1-17-6(11)2-7-19(15,16)8(3-5(9)10)4-18(12,13)14/h2-4H2,1H3,(H,9,10)(H2,7,15,16)(H2,12,13,14). The summed E-state index contributed by atoms with van der Waals surface area (Å²) in [6, 6.07) is 0. The predicted octanol–water partition coefficient (Wildman–Crippen LogP) is -1.63. The van der Waals surface area contributed by atoms with Crippen LogP contribution < -0.4 is 5.09 Å². The molecule has 0 fully saturated rings. The zero-order chi connectivity index (χ0) is 15.3. The number of hydrogen-bond donors (Lipinski definition) is 5. The number of esters is 1. The summed E-state index contributed by atoms with van der Waals surface area (Å²) in [5.41, 5.74) is 0. The summed E-state index contributed by atoms with van der Waals surface area (Å²) in [7, 11) is -8.34. The fourth-order valence-electron chi connectivity index (χ4n) is 0.940. The van der Waals surface area contributed by atoms with Crippen molar-refractivity contribution >= 4 is 27.2 Å². The first-order chi connectivity index (χ1) is 8.48. The molecular weight excluding hydrogens is 306 g/mol. The number of nitrogens with one attached hydrogen (secondary N) is 1. The average molecular weight is 320 g/mol. The van der Waals surface area contributed by atoms with Crippen LogP contribution in [0.2, 0.25) is 0 Å². The van der Waals surface area contributed by atoms with Crippen LogP contribution in [0.15, 0.2) is 0 Å². The van der Waals surface area contributed by atoms with Crippen molar-refractivity contribution in [2.24, 2.45) is 0 Å². The van der Waals surface area contributed by atoms with Gasteiger partial charge in [-0.3, -0.25) is 18.7 Å². The first-order valence-corrected chi connectivity index (χ1v) is 8.05. The van der Waals surface area contributed by atoms with Gasteiger partial charge in [-0.2, -0.15) is 4.67 Å². The summed E-state index contributed by atoms with van der Waals surface area (Å²) in [6.07, 6.45) is -1.25. The Balaban J connectivity index is 4.90. The second-order valence-corrected chi connectivity index (χ2v) is 6.90. The van der Waals surface area contributed by atoms with E-state index in [0.29, 0.717) is 0 Å². The Morgan fingerprint density at radius 2 is 1.79 bits per heavy atom. The van der Waals surface area contributed by atoms with Gasteiger partial charge in [0.2, 0.25) is 0 Å². The van der Waals surface area contributed by atoms with Gasteiger partial charge in [0.25, 0.3) is 0 Å². The van der Waals surface area contributed by atoms with Gasteiger partial charge in [-0.1, -0.05) is 0 Å². The summed E-state index contributed by atoms with van der Waals surface area (Å²) in [6.45, 7) is -1.81. The third-order valence-corrected chi connectivity index (χ3v) is 4.26. The molecule has 11 nitrogen and oxygen atoms in total. The highest BCUT2D eigenvalue weighted by Gasteiger charge is 2.35. The van der Waals surface area contributed by atoms with E-state index in [9.17, 15) is 23.6 Å². The zero-order valence-electron chi connectivity index (χ0n) is 9.79. The highest BCUT2D eigenvalue weighted by molar-refractivity contribution is 7.56. The number of rotatable bonds is 8. The van der Waals surface area contributed by atoms with Gasteiger partial charge in [-0.15, -0.1) is 0 Å². The molecule has 0 spiro atoms. The lowest BCUT2D eigenvalue weighted by molar-refractivity contribution is -0.139. The molecule has 0 rings (SSSR count). The smallest absolute Gasteiger partial charge is 0.342 e. The fourth-order valence-corrected chi connectivity index (χ4v) is 3.49. The van der Waals surface area contributed by atoms with Crippen molar-refractivity contribution in [3.05, 3.63) is 0 Å². The molecule has 5 N–H and O–H groups in total. The van der Waals surface area contributed by atoms with E-state index in [4.69, 9.17) is 14.9 Å². The Morgan fingerprint density at radius 1 is 1.26 bits per heavy atom. The van der Waals surface area contributed by atoms with E-state index in [2.05, 4.69) is 4.74 Å². The maximum absolute atomic E-state index is 11.7. The van der Waals surface area contributed by atoms with Crippen molar-refractivity contribution in [1.82, 2.24) is 9.76 Å². The van der Waals surface area contributed by atoms with Crippen LogP contribution >= 0.6 is 15.3 Å². The van der Waals surface area contributed by atoms with Gasteiger partial charge in [-0.05, 0) is 0 Å². The highest BCUT2D eigenvalue weighted by Crippen LogP contribution is 2.47. The first kappa shape index (κ1) is 18.2. The Bertz CT molecular complexity index is 432. The summed E-state index contributed by atoms with van der Waals surface area (Å²) in [5, 5.41) is 10.3. The second kappa shape index (κ2) is 7.11. The van der Waals surface area contributed by atoms with E-state index in [1.807, 2.05) is 0 Å². The lowest BCUT2D eigenvalue weighted by atomic mass is 10.7. The van der Waals surface area contributed by atoms with Gasteiger partial charge in [-0.25, -0.2) is 5.09 Å². The molecule has 0 bridgehead atoms. The minimum Gasteiger partial charge on any atom is -0.480 e. The number of nitrogens with zero attached hydrogens (tertiary/aromatic N) is 1. The predicted molar refractivity (Wildman–Crippen MR) is 61.1 cm³/mol. The van der Waals surface area contributed by atoms with Gasteiger partial charge in [0, 0.05) is 0 Å². The van der Waals surface area contributed by atoms with E-state index in [0.717, 1.165) is 7.11 Å². The lowest BCUT2D eigenvalue weighted by Crippen LogP contribution is -2.35. The van der Waals surface area contributed by atoms with Crippen molar-refractivity contribution in [3.63, 3.8) is 0 Å². The molecule has 0 aromatic rings. The third kappa shape index (κ3) is 8.06. The fraction of sp³-hybridized carbons (Fsp3) is 0.667. The molecule has 0 aliphatic rings. The SMILES string of the molecule is COC(=O)CNP(=O)(O)N(CC(=O)O)CP(=O)(O)O. The minimum absolute atomic E-state index is 0.152. The average Bonchev–Trinajstić information content (AvgIpc) is 2.22. The zero-order valence-corrected chi connectivity index (χ0v) is 11.6. The number of hydrogen-bond acceptors (Lipinski definition) is 5. The maximum atomic E-state index is 11.7. The topological polar surface area (TPSA) is 174 Å². The summed E-state index contributed by atoms with van der Waals surface area (Å²) in [4.78, 5) is 48.2. The van der Waals surface area contributed by atoms with Gasteiger partial charge >= 0.3 is 27.2 Å². The molecular formula is C6H14N2O9P2. The van der Waals surface area contributed by atoms with Crippen LogP contribution in [-0.4, -0.2) is 62.9 Å². The Labute approximate surface area is 107 Å². The number of aliphatic carboxylic acids is 1. The molecule has 0 aliphatic carbocycles. The molecule has 1 atom stereocenters. The van der Waals surface area contributed by atoms with Crippen LogP contribution in [0.3, 0.4) is 0 Å². The molecule has 0 aliphatic heterocycles. The van der Waals surface area contributed by atoms with Crippen LogP contribution in [0.25, 0.3) is 0 Å². The Hall–Kier alpha value is -0.800. The normalized spacial score (nSPS) is 15.0. The summed E-state index contributed by atoms with van der Waals surface area (Å²) in [5.74, 6) is -2.47. The molecule has 0 heterocycles. The van der Waals surface area contributed by atoms with Crippen molar-refractivity contribution in [3.8, 4) is 0 Å². The molecule has 13 heteroatoms. The van der Waals surface area contributed by atoms with Gasteiger partial charge in [0.1, 0.15) is 19.4 Å². The largest absolute Gasteiger partial charge is 0.480 e. The van der Waals surface area contributed by atoms with E-state index < -0.39 is 46.6 Å². The lowest BCUT2D eigenvalue weighted by Gasteiger charge is -2.25. The molecule has 0 aromatic carbocycles. The molecule has 112 valence electrons. The molecule has 0 aromatic heterocycles.